The minimum absolute atomic E-state index is 0.0137. The molecule has 0 unspecified atom stereocenters. The van der Waals surface area contributed by atoms with Crippen LogP contribution in [-0.2, 0) is 0 Å². The fourth-order valence-corrected chi connectivity index (χ4v) is 3.34. The maximum Gasteiger partial charge on any atom is 0.317 e. The number of likely N-dealkylation sites (tertiary alicyclic amines) is 1. The number of hydrogen-bond acceptors (Lipinski definition) is 3. The van der Waals surface area contributed by atoms with Gasteiger partial charge in [0.2, 0.25) is 0 Å². The number of piperidine rings is 1. The van der Waals surface area contributed by atoms with Crippen molar-refractivity contribution in [2.75, 3.05) is 25.0 Å². The highest BCUT2D eigenvalue weighted by molar-refractivity contribution is 5.74. The summed E-state index contributed by atoms with van der Waals surface area (Å²) in [6.45, 7) is 3.58. The van der Waals surface area contributed by atoms with E-state index in [1.165, 1.54) is 5.69 Å². The maximum atomic E-state index is 12.5. The molecule has 5 nitrogen and oxygen atoms in total. The summed E-state index contributed by atoms with van der Waals surface area (Å²) in [7, 11) is 2.14. The van der Waals surface area contributed by atoms with Crippen LogP contribution >= 0.6 is 0 Å². The number of carbonyl (C=O) groups excluding carboxylic acids is 1. The first-order chi connectivity index (χ1) is 12.1. The van der Waals surface area contributed by atoms with Crippen LogP contribution in [0.15, 0.2) is 54.9 Å². The first-order valence-electron chi connectivity index (χ1n) is 8.88. The van der Waals surface area contributed by atoms with Crippen molar-refractivity contribution < 1.29 is 4.79 Å². The topological polar surface area (TPSA) is 48.5 Å². The zero-order valence-electron chi connectivity index (χ0n) is 14.9. The Morgan fingerprint density at radius 3 is 2.44 bits per heavy atom. The van der Waals surface area contributed by atoms with Crippen LogP contribution in [0.2, 0.25) is 0 Å². The van der Waals surface area contributed by atoms with Gasteiger partial charge in [-0.2, -0.15) is 0 Å². The van der Waals surface area contributed by atoms with Gasteiger partial charge in [0.15, 0.2) is 0 Å². The Balaban J connectivity index is 1.51. The van der Waals surface area contributed by atoms with Crippen LogP contribution in [0.5, 0.6) is 0 Å². The van der Waals surface area contributed by atoms with E-state index in [4.69, 9.17) is 0 Å². The van der Waals surface area contributed by atoms with Gasteiger partial charge in [0.1, 0.15) is 0 Å². The van der Waals surface area contributed by atoms with Gasteiger partial charge in [-0.25, -0.2) is 4.79 Å². The molecule has 5 heteroatoms. The van der Waals surface area contributed by atoms with Crippen LogP contribution < -0.4 is 10.2 Å². The predicted octanol–water partition coefficient (Wildman–Crippen LogP) is 3.45. The smallest absolute Gasteiger partial charge is 0.317 e. The Labute approximate surface area is 149 Å². The SMILES string of the molecule is C[C@H](NC(=O)N1CCC(N(C)c2ccccc2)CC1)c1ccncc1. The van der Waals surface area contributed by atoms with Gasteiger partial charge >= 0.3 is 6.03 Å². The summed E-state index contributed by atoms with van der Waals surface area (Å²) in [6.07, 6.45) is 5.48. The van der Waals surface area contributed by atoms with Gasteiger partial charge in [-0.15, -0.1) is 0 Å². The normalized spacial score (nSPS) is 16.3. The number of aromatic nitrogens is 1. The summed E-state index contributed by atoms with van der Waals surface area (Å²) in [5.74, 6) is 0. The van der Waals surface area contributed by atoms with E-state index >= 15 is 0 Å². The second kappa shape index (κ2) is 8.01. The molecule has 1 aliphatic heterocycles. The average Bonchev–Trinajstić information content (AvgIpc) is 2.69. The monoisotopic (exact) mass is 338 g/mol. The zero-order valence-corrected chi connectivity index (χ0v) is 14.9. The molecule has 2 aromatic rings. The summed E-state index contributed by atoms with van der Waals surface area (Å²) in [5.41, 5.74) is 2.30. The number of amides is 2. The number of nitrogens with one attached hydrogen (secondary N) is 1. The van der Waals surface area contributed by atoms with Crippen molar-refractivity contribution in [3.05, 3.63) is 60.4 Å². The van der Waals surface area contributed by atoms with Crippen molar-refractivity contribution >= 4 is 11.7 Å². The second-order valence-electron chi connectivity index (χ2n) is 6.62. The van der Waals surface area contributed by atoms with E-state index in [0.29, 0.717) is 6.04 Å². The number of para-hydroxylation sites is 1. The van der Waals surface area contributed by atoms with Crippen molar-refractivity contribution in [3.8, 4) is 0 Å². The molecule has 0 radical (unpaired) electrons. The molecule has 1 aromatic heterocycles. The number of rotatable bonds is 4. The summed E-state index contributed by atoms with van der Waals surface area (Å²) >= 11 is 0. The van der Waals surface area contributed by atoms with Crippen LogP contribution in [0.4, 0.5) is 10.5 Å². The van der Waals surface area contributed by atoms with E-state index in [0.717, 1.165) is 31.5 Å². The molecule has 1 aromatic carbocycles. The molecule has 1 aliphatic rings. The average molecular weight is 338 g/mol. The van der Waals surface area contributed by atoms with Gasteiger partial charge in [-0.3, -0.25) is 4.98 Å². The van der Waals surface area contributed by atoms with Gasteiger partial charge in [0, 0.05) is 44.3 Å². The molecule has 0 saturated carbocycles. The molecular weight excluding hydrogens is 312 g/mol. The molecule has 2 amide bonds. The lowest BCUT2D eigenvalue weighted by atomic mass is 10.0. The zero-order chi connectivity index (χ0) is 17.6. The third-order valence-corrected chi connectivity index (χ3v) is 5.01. The van der Waals surface area contributed by atoms with Gasteiger partial charge in [-0.05, 0) is 49.6 Å². The third kappa shape index (κ3) is 4.29. The van der Waals surface area contributed by atoms with Crippen molar-refractivity contribution in [2.45, 2.75) is 31.8 Å². The van der Waals surface area contributed by atoms with Crippen molar-refractivity contribution in [2.24, 2.45) is 0 Å². The fourth-order valence-electron chi connectivity index (χ4n) is 3.34. The Bertz CT molecular complexity index is 669. The van der Waals surface area contributed by atoms with E-state index in [2.05, 4.69) is 46.5 Å². The first-order valence-corrected chi connectivity index (χ1v) is 8.88. The minimum atomic E-state index is -0.0137. The molecule has 0 aliphatic carbocycles. The highest BCUT2D eigenvalue weighted by Gasteiger charge is 2.26. The van der Waals surface area contributed by atoms with E-state index in [-0.39, 0.29) is 12.1 Å². The Morgan fingerprint density at radius 2 is 1.80 bits per heavy atom. The molecule has 1 saturated heterocycles. The number of urea groups is 1. The summed E-state index contributed by atoms with van der Waals surface area (Å²) in [6, 6.07) is 14.8. The lowest BCUT2D eigenvalue weighted by Gasteiger charge is -2.38. The first kappa shape index (κ1) is 17.3. The number of benzene rings is 1. The minimum Gasteiger partial charge on any atom is -0.371 e. The second-order valence-corrected chi connectivity index (χ2v) is 6.62. The standard InChI is InChI=1S/C20H26N4O/c1-16(17-8-12-21-13-9-17)22-20(25)24-14-10-19(11-15-24)23(2)18-6-4-3-5-7-18/h3-9,12-13,16,19H,10-11,14-15H2,1-2H3,(H,22,25)/t16-/m0/s1. The van der Waals surface area contributed by atoms with Crippen LogP contribution in [-0.4, -0.2) is 42.1 Å². The Morgan fingerprint density at radius 1 is 1.16 bits per heavy atom. The Kier molecular flexibility index (Phi) is 5.53. The van der Waals surface area contributed by atoms with Crippen molar-refractivity contribution in [1.29, 1.82) is 0 Å². The summed E-state index contributed by atoms with van der Waals surface area (Å²) in [5, 5.41) is 3.09. The molecular formula is C20H26N4O. The van der Waals surface area contributed by atoms with Crippen LogP contribution in [0.25, 0.3) is 0 Å². The van der Waals surface area contributed by atoms with Gasteiger partial charge in [0.25, 0.3) is 0 Å². The van der Waals surface area contributed by atoms with E-state index < -0.39 is 0 Å². The highest BCUT2D eigenvalue weighted by atomic mass is 16.2. The lowest BCUT2D eigenvalue weighted by Crippen LogP contribution is -2.49. The summed E-state index contributed by atoms with van der Waals surface area (Å²) in [4.78, 5) is 20.8. The molecule has 1 fully saturated rings. The predicted molar refractivity (Wildman–Crippen MR) is 101 cm³/mol. The molecule has 1 N–H and O–H groups in total. The molecule has 2 heterocycles. The van der Waals surface area contributed by atoms with E-state index in [9.17, 15) is 4.79 Å². The number of nitrogens with zero attached hydrogens (tertiary/aromatic N) is 3. The molecule has 0 spiro atoms. The van der Waals surface area contributed by atoms with E-state index in [1.807, 2.05) is 30.0 Å². The maximum absolute atomic E-state index is 12.5. The molecule has 25 heavy (non-hydrogen) atoms. The molecule has 3 rings (SSSR count). The van der Waals surface area contributed by atoms with Gasteiger partial charge in [-0.1, -0.05) is 18.2 Å². The van der Waals surface area contributed by atoms with Gasteiger partial charge < -0.3 is 15.1 Å². The van der Waals surface area contributed by atoms with Crippen LogP contribution in [0, 0.1) is 0 Å². The van der Waals surface area contributed by atoms with Crippen LogP contribution in [0.3, 0.4) is 0 Å². The Hall–Kier alpha value is -2.56. The largest absolute Gasteiger partial charge is 0.371 e. The number of pyridine rings is 1. The van der Waals surface area contributed by atoms with Crippen LogP contribution in [0.1, 0.15) is 31.4 Å². The highest BCUT2D eigenvalue weighted by Crippen LogP contribution is 2.22. The van der Waals surface area contributed by atoms with Crippen molar-refractivity contribution in [1.82, 2.24) is 15.2 Å². The fraction of sp³-hybridized carbons (Fsp3) is 0.400. The molecule has 0 bridgehead atoms. The quantitative estimate of drug-likeness (QED) is 0.929. The van der Waals surface area contributed by atoms with E-state index in [1.54, 1.807) is 12.4 Å². The summed E-state index contributed by atoms with van der Waals surface area (Å²) < 4.78 is 0. The molecule has 132 valence electrons. The number of carbonyl (C=O) groups is 1. The molecule has 1 atom stereocenters. The third-order valence-electron chi connectivity index (χ3n) is 5.01. The van der Waals surface area contributed by atoms with Gasteiger partial charge in [0.05, 0.1) is 6.04 Å². The van der Waals surface area contributed by atoms with Crippen molar-refractivity contribution in [3.63, 3.8) is 0 Å². The number of hydrogen-bond donors (Lipinski definition) is 1. The lowest BCUT2D eigenvalue weighted by molar-refractivity contribution is 0.178. The number of anilines is 1.